The van der Waals surface area contributed by atoms with Crippen molar-refractivity contribution >= 4 is 40.6 Å². The summed E-state index contributed by atoms with van der Waals surface area (Å²) in [6.45, 7) is 4.54. The number of carbonyl (C=O) groups excluding carboxylic acids is 1. The highest BCUT2D eigenvalue weighted by Crippen LogP contribution is 2.44. The van der Waals surface area contributed by atoms with E-state index in [1.165, 1.54) is 12.1 Å². The van der Waals surface area contributed by atoms with Crippen LogP contribution in [-0.4, -0.2) is 65.1 Å². The summed E-state index contributed by atoms with van der Waals surface area (Å²) in [5.74, 6) is 0.128. The summed E-state index contributed by atoms with van der Waals surface area (Å²) in [6.07, 6.45) is 6.61. The highest BCUT2D eigenvalue weighted by Gasteiger charge is 2.56. The Morgan fingerprint density at radius 3 is 1.41 bits per heavy atom. The van der Waals surface area contributed by atoms with Crippen molar-refractivity contribution in [1.29, 1.82) is 0 Å². The van der Waals surface area contributed by atoms with E-state index in [0.717, 1.165) is 11.1 Å². The lowest BCUT2D eigenvalue weighted by Gasteiger charge is -2.56. The van der Waals surface area contributed by atoms with Crippen LogP contribution in [0.4, 0.5) is 25.0 Å². The first-order chi connectivity index (χ1) is 28.1. The Morgan fingerprint density at radius 1 is 0.603 bits per heavy atom. The lowest BCUT2D eigenvalue weighted by atomic mass is 9.95. The van der Waals surface area contributed by atoms with Gasteiger partial charge in [0.2, 0.25) is 11.4 Å². The number of urea groups is 1. The normalized spacial score (nSPS) is 19.6. The molecule has 0 radical (unpaired) electrons. The number of pyridine rings is 2. The SMILES string of the molecule is Cc1cc(Cl)ccc1O[C@]1(c2cccnc2)CN(c2ccccc2F)CCN1C(=O)N1CCN(c2ccccc2F)C[C@@]1(Oc1ccc(Cl)cc1C)c1cccnc1. The summed E-state index contributed by atoms with van der Waals surface area (Å²) in [7, 11) is 0. The molecule has 0 spiro atoms. The van der Waals surface area contributed by atoms with E-state index in [-0.39, 0.29) is 39.3 Å². The third-order valence-corrected chi connectivity index (χ3v) is 11.2. The summed E-state index contributed by atoms with van der Waals surface area (Å²) >= 11 is 12.8. The van der Waals surface area contributed by atoms with E-state index in [9.17, 15) is 0 Å². The van der Waals surface area contributed by atoms with Crippen LogP contribution in [0.1, 0.15) is 22.3 Å². The number of halogens is 4. The molecule has 8 rings (SSSR count). The minimum absolute atomic E-state index is 0.0274. The van der Waals surface area contributed by atoms with Crippen molar-refractivity contribution in [3.63, 3.8) is 0 Å². The minimum Gasteiger partial charge on any atom is -0.461 e. The molecule has 0 unspecified atom stereocenters. The molecule has 2 amide bonds. The van der Waals surface area contributed by atoms with Crippen molar-refractivity contribution in [1.82, 2.24) is 19.8 Å². The molecular formula is C45H40Cl2F2N6O3. The van der Waals surface area contributed by atoms with Crippen LogP contribution < -0.4 is 19.3 Å². The molecule has 2 aliphatic heterocycles. The fraction of sp³-hybridized carbons (Fsp3) is 0.222. The number of aryl methyl sites for hydroxylation is 2. The molecule has 4 aromatic carbocycles. The van der Waals surface area contributed by atoms with Gasteiger partial charge in [0.05, 0.1) is 24.5 Å². The molecule has 0 bridgehead atoms. The van der Waals surface area contributed by atoms with Crippen molar-refractivity contribution in [3.05, 3.63) is 178 Å². The highest BCUT2D eigenvalue weighted by atomic mass is 35.5. The van der Waals surface area contributed by atoms with Gasteiger partial charge in [-0.3, -0.25) is 19.8 Å². The summed E-state index contributed by atoms with van der Waals surface area (Å²) in [4.78, 5) is 32.1. The maximum Gasteiger partial charge on any atom is 0.326 e. The molecule has 2 saturated heterocycles. The standard InChI is InChI=1S/C45H40Cl2F2N6O3/c1-31-25-35(46)15-17-41(31)57-44(33-9-7-19-50-27-33)29-52(39-13-5-3-11-37(39)48)21-23-54(44)43(56)55-24-22-53(40-14-6-4-12-38(40)49)30-45(55,34-10-8-20-51-28-34)58-42-18-16-36(47)26-32(42)2/h3-20,25-28H,21-24,29-30H2,1-2H3/t44-,45+. The zero-order chi connectivity index (χ0) is 40.4. The number of para-hydroxylation sites is 2. The summed E-state index contributed by atoms with van der Waals surface area (Å²) in [5.41, 5.74) is 0.156. The predicted octanol–water partition coefficient (Wildman–Crippen LogP) is 9.61. The van der Waals surface area contributed by atoms with E-state index in [1.54, 1.807) is 120 Å². The average Bonchev–Trinajstić information content (AvgIpc) is 3.23. The second kappa shape index (κ2) is 16.2. The molecule has 2 aliphatic rings. The molecule has 2 atom stereocenters. The summed E-state index contributed by atoms with van der Waals surface area (Å²) in [6, 6.07) is 30.5. The van der Waals surface area contributed by atoms with Gasteiger partial charge in [-0.05, 0) is 110 Å². The molecule has 2 fully saturated rings. The molecule has 4 heterocycles. The van der Waals surface area contributed by atoms with Crippen LogP contribution in [0.3, 0.4) is 0 Å². The van der Waals surface area contributed by atoms with Gasteiger partial charge in [0.25, 0.3) is 0 Å². The van der Waals surface area contributed by atoms with Gasteiger partial charge >= 0.3 is 6.03 Å². The van der Waals surface area contributed by atoms with Crippen LogP contribution >= 0.6 is 23.2 Å². The van der Waals surface area contributed by atoms with E-state index in [2.05, 4.69) is 9.97 Å². The minimum atomic E-state index is -1.58. The fourth-order valence-corrected chi connectivity index (χ4v) is 8.37. The molecule has 13 heteroatoms. The maximum atomic E-state index is 16.0. The molecule has 6 aromatic rings. The second-order valence-electron chi connectivity index (χ2n) is 14.4. The predicted molar refractivity (Wildman–Crippen MR) is 221 cm³/mol. The van der Waals surface area contributed by atoms with E-state index < -0.39 is 29.1 Å². The number of anilines is 2. The number of hydrogen-bond donors (Lipinski definition) is 0. The van der Waals surface area contributed by atoms with Gasteiger partial charge in [-0.1, -0.05) is 47.5 Å². The first-order valence-corrected chi connectivity index (χ1v) is 19.6. The number of aromatic nitrogens is 2. The zero-order valence-electron chi connectivity index (χ0n) is 31.9. The first kappa shape index (κ1) is 38.9. The van der Waals surface area contributed by atoms with Gasteiger partial charge in [0.1, 0.15) is 23.1 Å². The van der Waals surface area contributed by atoms with Crippen molar-refractivity contribution in [3.8, 4) is 11.5 Å². The van der Waals surface area contributed by atoms with Gasteiger partial charge in [-0.2, -0.15) is 0 Å². The van der Waals surface area contributed by atoms with Crippen molar-refractivity contribution < 1.29 is 23.0 Å². The Bertz CT molecular complexity index is 2270. The Labute approximate surface area is 346 Å². The number of ether oxygens (including phenoxy) is 2. The van der Waals surface area contributed by atoms with E-state index >= 15 is 13.6 Å². The Hall–Kier alpha value is -5.91. The molecule has 2 aromatic heterocycles. The lowest BCUT2D eigenvalue weighted by molar-refractivity contribution is -0.115. The van der Waals surface area contributed by atoms with Crippen molar-refractivity contribution in [2.45, 2.75) is 25.3 Å². The number of rotatable bonds is 8. The Kier molecular flexibility index (Phi) is 10.8. The second-order valence-corrected chi connectivity index (χ2v) is 15.3. The fourth-order valence-electron chi connectivity index (χ4n) is 7.92. The highest BCUT2D eigenvalue weighted by molar-refractivity contribution is 6.31. The van der Waals surface area contributed by atoms with Gasteiger partial charge in [0, 0.05) is 72.1 Å². The number of hydrogen-bond acceptors (Lipinski definition) is 7. The molecule has 296 valence electrons. The van der Waals surface area contributed by atoms with Gasteiger partial charge in [0.15, 0.2) is 0 Å². The molecule has 9 nitrogen and oxygen atoms in total. The number of carbonyl (C=O) groups is 1. The molecule has 0 aliphatic carbocycles. The third kappa shape index (κ3) is 7.36. The van der Waals surface area contributed by atoms with Crippen molar-refractivity contribution in [2.24, 2.45) is 0 Å². The van der Waals surface area contributed by atoms with Gasteiger partial charge < -0.3 is 19.3 Å². The van der Waals surface area contributed by atoms with Crippen LogP contribution in [0.25, 0.3) is 0 Å². The number of piperazine rings is 2. The lowest BCUT2D eigenvalue weighted by Crippen LogP contribution is -2.72. The Balaban J connectivity index is 1.32. The van der Waals surface area contributed by atoms with Crippen LogP contribution in [0.15, 0.2) is 134 Å². The summed E-state index contributed by atoms with van der Waals surface area (Å²) < 4.78 is 45.5. The van der Waals surface area contributed by atoms with E-state index in [4.69, 9.17) is 32.7 Å². The molecule has 0 N–H and O–H groups in total. The van der Waals surface area contributed by atoms with Crippen LogP contribution in [-0.2, 0) is 11.4 Å². The topological polar surface area (TPSA) is 74.3 Å². The van der Waals surface area contributed by atoms with Gasteiger partial charge in [-0.15, -0.1) is 0 Å². The van der Waals surface area contributed by atoms with Crippen LogP contribution in [0, 0.1) is 25.5 Å². The molecule has 0 saturated carbocycles. The third-order valence-electron chi connectivity index (χ3n) is 10.8. The smallest absolute Gasteiger partial charge is 0.326 e. The van der Waals surface area contributed by atoms with Crippen LogP contribution in [0.2, 0.25) is 10.0 Å². The number of benzene rings is 4. The molecule has 58 heavy (non-hydrogen) atoms. The van der Waals surface area contributed by atoms with Gasteiger partial charge in [-0.25, -0.2) is 13.6 Å². The largest absolute Gasteiger partial charge is 0.461 e. The summed E-state index contributed by atoms with van der Waals surface area (Å²) in [5, 5.41) is 1.04. The van der Waals surface area contributed by atoms with Crippen LogP contribution in [0.5, 0.6) is 11.5 Å². The monoisotopic (exact) mass is 820 g/mol. The van der Waals surface area contributed by atoms with E-state index in [1.807, 2.05) is 35.8 Å². The average molecular weight is 822 g/mol. The molecular weight excluding hydrogens is 781 g/mol. The zero-order valence-corrected chi connectivity index (χ0v) is 33.4. The maximum absolute atomic E-state index is 16.0. The van der Waals surface area contributed by atoms with Crippen molar-refractivity contribution in [2.75, 3.05) is 49.1 Å². The number of amides is 2. The number of nitrogens with zero attached hydrogens (tertiary/aromatic N) is 6. The Morgan fingerprint density at radius 2 is 1.03 bits per heavy atom. The van der Waals surface area contributed by atoms with E-state index in [0.29, 0.717) is 44.0 Å². The quantitative estimate of drug-likeness (QED) is 0.152. The first-order valence-electron chi connectivity index (χ1n) is 18.9.